The van der Waals surface area contributed by atoms with Crippen molar-refractivity contribution in [1.82, 2.24) is 0 Å². The van der Waals surface area contributed by atoms with Crippen LogP contribution in [0.5, 0.6) is 0 Å². The molecule has 0 fully saturated rings. The van der Waals surface area contributed by atoms with Crippen LogP contribution in [-0.4, -0.2) is 25.4 Å². The molecule has 0 radical (unpaired) electrons. The van der Waals surface area contributed by atoms with Crippen LogP contribution >= 0.6 is 87.8 Å². The van der Waals surface area contributed by atoms with Crippen LogP contribution in [0.3, 0.4) is 0 Å². The second-order valence-corrected chi connectivity index (χ2v) is 65.1. The predicted octanol–water partition coefficient (Wildman–Crippen LogP) is 10.2. The first-order chi connectivity index (χ1) is 11.8. The topological polar surface area (TPSA) is 15.4 Å². The van der Waals surface area contributed by atoms with Crippen LogP contribution in [0, 0.1) is 0 Å². The summed E-state index contributed by atoms with van der Waals surface area (Å²) in [6, 6.07) is 3.80. The summed E-state index contributed by atoms with van der Waals surface area (Å²) < 4.78 is 2.01. The van der Waals surface area contributed by atoms with Gasteiger partial charge in [-0.2, -0.15) is 0 Å². The Morgan fingerprint density at radius 1 is 1.04 bits per heavy atom. The third-order valence-corrected chi connectivity index (χ3v) is 4.36. The average Bonchev–Trinajstić information content (AvgIpc) is 2.66. The SMILES string of the molecule is CCCCC1CC(C)(C)N=[N+]1c1c(Cl)cc(Cl)cc1Cl.[Cl][Sb-]([Cl])([Cl])([Cl])([Cl])[Cl]. The van der Waals surface area contributed by atoms with Gasteiger partial charge >= 0.3 is 62.1 Å². The van der Waals surface area contributed by atoms with Crippen LogP contribution in [0.1, 0.15) is 46.5 Å². The molecule has 0 saturated carbocycles. The van der Waals surface area contributed by atoms with Crippen molar-refractivity contribution in [1.29, 1.82) is 0 Å². The van der Waals surface area contributed by atoms with Crippen LogP contribution in [0.4, 0.5) is 5.69 Å². The maximum absolute atomic E-state index is 6.34. The van der Waals surface area contributed by atoms with Crippen molar-refractivity contribution in [3.8, 4) is 0 Å². The molecule has 2 nitrogen and oxygen atoms in total. The number of azo groups is 2. The van der Waals surface area contributed by atoms with Crippen LogP contribution in [0.2, 0.25) is 15.1 Å². The molecule has 1 aliphatic heterocycles. The summed E-state index contributed by atoms with van der Waals surface area (Å²) in [5, 5.41) is 6.47. The summed E-state index contributed by atoms with van der Waals surface area (Å²) in [5.41, 5.74) is 0.703. The molecule has 0 saturated heterocycles. The number of hydrogen-bond acceptors (Lipinski definition) is 1. The zero-order valence-electron chi connectivity index (χ0n) is 14.8. The van der Waals surface area contributed by atoms with Gasteiger partial charge in [-0.25, -0.2) is 0 Å². The van der Waals surface area contributed by atoms with Gasteiger partial charge in [0.05, 0.1) is 0 Å². The Bertz CT molecular complexity index is 692. The third-order valence-electron chi connectivity index (χ3n) is 3.56. The Morgan fingerprint density at radius 3 is 1.89 bits per heavy atom. The number of rotatable bonds is 4. The molecule has 1 aromatic rings. The Balaban J connectivity index is 0.000000445. The van der Waals surface area contributed by atoms with E-state index in [4.69, 9.17) is 92.9 Å². The van der Waals surface area contributed by atoms with Gasteiger partial charge in [0.2, 0.25) is 0 Å². The number of hydrogen-bond donors (Lipinski definition) is 0. The van der Waals surface area contributed by atoms with E-state index in [1.165, 1.54) is 12.8 Å². The standard InChI is InChI=1S/C15H20Cl3N2.6ClH.Sb/c1-4-5-6-11-9-15(2,3)19-20(11)14-12(17)7-10(16)8-13(14)18;;;;;;;/h7-8,11H,4-6,9H2,1-3H3;6*1H;/q+1;;;;;;;+5/p-6. The predicted molar refractivity (Wildman–Crippen MR) is 127 cm³/mol. The van der Waals surface area contributed by atoms with Crippen LogP contribution in [0.15, 0.2) is 17.2 Å². The normalized spacial score (nSPS) is 21.6. The molecule has 1 aromatic carbocycles. The van der Waals surface area contributed by atoms with E-state index in [9.17, 15) is 0 Å². The molecule has 2 rings (SSSR count). The average molecular weight is 669 g/mol. The van der Waals surface area contributed by atoms with Crippen molar-refractivity contribution < 1.29 is 4.70 Å². The number of benzene rings is 1. The molecule has 1 heterocycles. The molecule has 0 amide bonds. The van der Waals surface area contributed by atoms with Gasteiger partial charge in [-0.1, -0.05) is 52.8 Å². The summed E-state index contributed by atoms with van der Waals surface area (Å²) in [5.74, 6) is 0. The summed E-state index contributed by atoms with van der Waals surface area (Å²) >= 11 is 18.7. The molecule has 0 bridgehead atoms. The first-order valence-corrected chi connectivity index (χ1v) is 28.5. The van der Waals surface area contributed by atoms with Crippen molar-refractivity contribution >= 4 is 103 Å². The molecule has 1 atom stereocenters. The monoisotopic (exact) mass is 664 g/mol. The quantitative estimate of drug-likeness (QED) is 0.224. The van der Waals surface area contributed by atoms with Crippen molar-refractivity contribution in [3.05, 3.63) is 27.2 Å². The molecular formula is C15H20Cl9N2Sb. The minimum absolute atomic E-state index is 0.0787. The summed E-state index contributed by atoms with van der Waals surface area (Å²) in [4.78, 5) is 0. The molecule has 0 spiro atoms. The maximum atomic E-state index is 6.34. The van der Waals surface area contributed by atoms with E-state index in [2.05, 4.69) is 20.8 Å². The van der Waals surface area contributed by atoms with Crippen LogP contribution < -0.4 is 0 Å². The molecule has 0 aliphatic carbocycles. The second kappa shape index (κ2) is 9.01. The Hall–Kier alpha value is 2.25. The van der Waals surface area contributed by atoms with E-state index in [0.717, 1.165) is 18.5 Å². The molecule has 158 valence electrons. The molecule has 1 unspecified atom stereocenters. The molecule has 0 N–H and O–H groups in total. The van der Waals surface area contributed by atoms with Gasteiger partial charge in [0.15, 0.2) is 6.04 Å². The summed E-state index contributed by atoms with van der Waals surface area (Å²) in [6.45, 7) is 6.48. The fourth-order valence-corrected chi connectivity index (χ4v) is 3.72. The van der Waals surface area contributed by atoms with E-state index in [-0.39, 0.29) is 5.54 Å². The number of halogens is 9. The van der Waals surface area contributed by atoms with Crippen molar-refractivity contribution in [3.63, 3.8) is 0 Å². The Labute approximate surface area is 195 Å². The van der Waals surface area contributed by atoms with E-state index in [1.54, 1.807) is 12.1 Å². The fourth-order valence-electron chi connectivity index (χ4n) is 2.73. The first-order valence-electron chi connectivity index (χ1n) is 8.02. The summed E-state index contributed by atoms with van der Waals surface area (Å²) in [6.07, 6.45) is 4.46. The third kappa shape index (κ3) is 12.0. The molecule has 27 heavy (non-hydrogen) atoms. The zero-order chi connectivity index (χ0) is 21.3. The Kier molecular flexibility index (Phi) is 9.10. The molecule has 1 aliphatic rings. The van der Waals surface area contributed by atoms with Crippen LogP contribution in [0.25, 0.3) is 0 Å². The van der Waals surface area contributed by atoms with Gasteiger partial charge in [-0.15, -0.1) is 0 Å². The van der Waals surface area contributed by atoms with Crippen molar-refractivity contribution in [2.45, 2.75) is 58.0 Å². The summed E-state index contributed by atoms with van der Waals surface area (Å²) in [7, 11) is 25.0. The fraction of sp³-hybridized carbons (Fsp3) is 0.600. The van der Waals surface area contributed by atoms with E-state index in [1.807, 2.05) is 4.70 Å². The van der Waals surface area contributed by atoms with E-state index >= 15 is 0 Å². The van der Waals surface area contributed by atoms with Gasteiger partial charge in [-0.05, 0) is 37.5 Å². The number of unbranched alkanes of at least 4 members (excludes halogenated alkanes) is 1. The Morgan fingerprint density at radius 2 is 1.48 bits per heavy atom. The van der Waals surface area contributed by atoms with Gasteiger partial charge in [-0.3, -0.25) is 0 Å². The van der Waals surface area contributed by atoms with E-state index < -0.39 is 9.14 Å². The van der Waals surface area contributed by atoms with E-state index in [0.29, 0.717) is 21.1 Å². The first kappa shape index (κ1) is 27.3. The van der Waals surface area contributed by atoms with Gasteiger partial charge in [0.1, 0.15) is 15.6 Å². The molecular weight excluding hydrogens is 649 g/mol. The van der Waals surface area contributed by atoms with Gasteiger partial charge in [0, 0.05) is 17.9 Å². The second-order valence-electron chi connectivity index (χ2n) is 6.93. The molecule has 0 aromatic heterocycles. The van der Waals surface area contributed by atoms with Gasteiger partial charge in [0.25, 0.3) is 5.69 Å². The van der Waals surface area contributed by atoms with Crippen LogP contribution in [-0.2, 0) is 0 Å². The minimum atomic E-state index is -5.42. The number of nitrogens with zero attached hydrogens (tertiary/aromatic N) is 2. The zero-order valence-corrected chi connectivity index (χ0v) is 24.2. The molecule has 12 heteroatoms. The van der Waals surface area contributed by atoms with Crippen molar-refractivity contribution in [2.75, 3.05) is 0 Å². The van der Waals surface area contributed by atoms with Crippen molar-refractivity contribution in [2.24, 2.45) is 5.11 Å². The van der Waals surface area contributed by atoms with Gasteiger partial charge < -0.3 is 0 Å².